The van der Waals surface area contributed by atoms with E-state index in [1.54, 1.807) is 13.2 Å². The van der Waals surface area contributed by atoms with E-state index < -0.39 is 0 Å². The Labute approximate surface area is 120 Å². The molecule has 5 heteroatoms. The zero-order chi connectivity index (χ0) is 14.1. The largest absolute Gasteiger partial charge is 0.493 e. The molecule has 1 aromatic carbocycles. The average Bonchev–Trinajstić information content (AvgIpc) is 2.41. The van der Waals surface area contributed by atoms with Crippen LogP contribution in [0.1, 0.15) is 18.9 Å². The predicted molar refractivity (Wildman–Crippen MR) is 79.4 cm³/mol. The minimum absolute atomic E-state index is 0.604. The van der Waals surface area contributed by atoms with E-state index in [0.717, 1.165) is 37.4 Å². The van der Waals surface area contributed by atoms with Gasteiger partial charge in [-0.2, -0.15) is 0 Å². The molecule has 2 N–H and O–H groups in total. The summed E-state index contributed by atoms with van der Waals surface area (Å²) < 4.78 is 10.8. The molecule has 0 aliphatic rings. The van der Waals surface area contributed by atoms with Crippen molar-refractivity contribution in [3.8, 4) is 11.5 Å². The van der Waals surface area contributed by atoms with Crippen LogP contribution in [0.25, 0.3) is 0 Å². The Kier molecular flexibility index (Phi) is 7.63. The molecule has 0 unspecified atom stereocenters. The van der Waals surface area contributed by atoms with Crippen LogP contribution in [-0.2, 0) is 6.54 Å². The number of halogens is 1. The number of methoxy groups -OCH3 is 1. The zero-order valence-electron chi connectivity index (χ0n) is 11.9. The summed E-state index contributed by atoms with van der Waals surface area (Å²) in [4.78, 5) is 0. The molecule has 1 aromatic rings. The van der Waals surface area contributed by atoms with E-state index in [1.807, 2.05) is 20.0 Å². The van der Waals surface area contributed by atoms with Gasteiger partial charge in [0.25, 0.3) is 0 Å². The van der Waals surface area contributed by atoms with Crippen LogP contribution in [0.4, 0.5) is 0 Å². The molecule has 1 rings (SSSR count). The lowest BCUT2D eigenvalue weighted by Crippen LogP contribution is -2.19. The number of nitrogens with one attached hydrogen (secondary N) is 2. The highest BCUT2D eigenvalue weighted by Crippen LogP contribution is 2.33. The van der Waals surface area contributed by atoms with Crippen LogP contribution in [0.15, 0.2) is 12.1 Å². The summed E-state index contributed by atoms with van der Waals surface area (Å²) in [5.74, 6) is 1.41. The van der Waals surface area contributed by atoms with Crippen molar-refractivity contribution in [2.75, 3.05) is 33.9 Å². The Morgan fingerprint density at radius 3 is 2.63 bits per heavy atom. The summed E-state index contributed by atoms with van der Waals surface area (Å²) in [5, 5.41) is 7.18. The molecular formula is C14H23ClN2O2. The molecular weight excluding hydrogens is 264 g/mol. The van der Waals surface area contributed by atoms with Crippen molar-refractivity contribution in [2.24, 2.45) is 0 Å². The second-order valence-electron chi connectivity index (χ2n) is 4.16. The van der Waals surface area contributed by atoms with E-state index >= 15 is 0 Å². The van der Waals surface area contributed by atoms with Crippen molar-refractivity contribution in [2.45, 2.75) is 19.9 Å². The average molecular weight is 287 g/mol. The fraction of sp³-hybridized carbons (Fsp3) is 0.571. The van der Waals surface area contributed by atoms with Crippen LogP contribution >= 0.6 is 11.6 Å². The van der Waals surface area contributed by atoms with Crippen LogP contribution in [0.5, 0.6) is 11.5 Å². The summed E-state index contributed by atoms with van der Waals surface area (Å²) in [6, 6.07) is 3.74. The van der Waals surface area contributed by atoms with Gasteiger partial charge >= 0.3 is 0 Å². The van der Waals surface area contributed by atoms with Crippen molar-refractivity contribution in [1.29, 1.82) is 0 Å². The topological polar surface area (TPSA) is 42.5 Å². The summed E-state index contributed by atoms with van der Waals surface area (Å²) in [6.45, 7) is 5.24. The quantitative estimate of drug-likeness (QED) is 0.684. The lowest BCUT2D eigenvalue weighted by Gasteiger charge is -2.13. The molecule has 4 nitrogen and oxygen atoms in total. The smallest absolute Gasteiger partial charge is 0.162 e. The molecule has 0 saturated heterocycles. The molecule has 0 saturated carbocycles. The minimum atomic E-state index is 0.604. The van der Waals surface area contributed by atoms with Gasteiger partial charge in [0.1, 0.15) is 0 Å². The Bertz CT molecular complexity index is 386. The maximum Gasteiger partial charge on any atom is 0.162 e. The summed E-state index contributed by atoms with van der Waals surface area (Å²) in [6.07, 6.45) is 1.09. The molecule has 0 atom stereocenters. The van der Waals surface area contributed by atoms with E-state index in [9.17, 15) is 0 Å². The van der Waals surface area contributed by atoms with Gasteiger partial charge in [0.2, 0.25) is 0 Å². The van der Waals surface area contributed by atoms with Crippen LogP contribution in [0.2, 0.25) is 5.02 Å². The second kappa shape index (κ2) is 9.02. The van der Waals surface area contributed by atoms with Gasteiger partial charge in [0.05, 0.1) is 13.7 Å². The summed E-state index contributed by atoms with van der Waals surface area (Å²) >= 11 is 6.23. The summed E-state index contributed by atoms with van der Waals surface area (Å²) in [7, 11) is 3.57. The molecule has 0 aliphatic carbocycles. The highest BCUT2D eigenvalue weighted by atomic mass is 35.5. The van der Waals surface area contributed by atoms with Gasteiger partial charge in [-0.3, -0.25) is 0 Å². The van der Waals surface area contributed by atoms with E-state index in [4.69, 9.17) is 21.1 Å². The van der Waals surface area contributed by atoms with Crippen molar-refractivity contribution >= 4 is 11.6 Å². The molecule has 0 amide bonds. The van der Waals surface area contributed by atoms with E-state index in [2.05, 4.69) is 10.6 Å². The third-order valence-corrected chi connectivity index (χ3v) is 3.08. The van der Waals surface area contributed by atoms with Gasteiger partial charge in [-0.25, -0.2) is 0 Å². The van der Waals surface area contributed by atoms with Crippen LogP contribution in [0.3, 0.4) is 0 Å². The molecule has 0 aromatic heterocycles. The van der Waals surface area contributed by atoms with E-state index in [0.29, 0.717) is 17.4 Å². The maximum atomic E-state index is 6.23. The molecule has 108 valence electrons. The van der Waals surface area contributed by atoms with Gasteiger partial charge in [0.15, 0.2) is 11.5 Å². The van der Waals surface area contributed by atoms with E-state index in [-0.39, 0.29) is 0 Å². The van der Waals surface area contributed by atoms with Crippen LogP contribution in [0, 0.1) is 0 Å². The van der Waals surface area contributed by atoms with Crippen molar-refractivity contribution in [1.82, 2.24) is 10.6 Å². The first-order chi connectivity index (χ1) is 9.22. The standard InChI is InChI=1S/C14H23ClN2O2/c1-4-19-14-8-11(10-17-7-5-6-16-2)12(15)9-13(14)18-3/h8-9,16-17H,4-7,10H2,1-3H3. The number of rotatable bonds is 9. The Balaban J connectivity index is 2.64. The van der Waals surface area contributed by atoms with Gasteiger partial charge in [-0.15, -0.1) is 0 Å². The first kappa shape index (κ1) is 16.1. The predicted octanol–water partition coefficient (Wildman–Crippen LogP) is 2.45. The Morgan fingerprint density at radius 2 is 2.00 bits per heavy atom. The van der Waals surface area contributed by atoms with Gasteiger partial charge < -0.3 is 20.1 Å². The molecule has 0 spiro atoms. The first-order valence-corrected chi connectivity index (χ1v) is 6.95. The molecule has 0 heterocycles. The molecule has 19 heavy (non-hydrogen) atoms. The third-order valence-electron chi connectivity index (χ3n) is 2.73. The second-order valence-corrected chi connectivity index (χ2v) is 4.57. The maximum absolute atomic E-state index is 6.23. The highest BCUT2D eigenvalue weighted by molar-refractivity contribution is 6.31. The third kappa shape index (κ3) is 5.27. The molecule has 0 fully saturated rings. The normalized spacial score (nSPS) is 10.5. The molecule has 0 aliphatic heterocycles. The molecule has 0 radical (unpaired) electrons. The zero-order valence-corrected chi connectivity index (χ0v) is 12.6. The minimum Gasteiger partial charge on any atom is -0.493 e. The monoisotopic (exact) mass is 286 g/mol. The van der Waals surface area contributed by atoms with Gasteiger partial charge in [0, 0.05) is 17.6 Å². The lowest BCUT2D eigenvalue weighted by atomic mass is 10.2. The summed E-state index contributed by atoms with van der Waals surface area (Å²) in [5.41, 5.74) is 1.02. The fourth-order valence-corrected chi connectivity index (χ4v) is 1.97. The van der Waals surface area contributed by atoms with Crippen LogP contribution in [-0.4, -0.2) is 33.9 Å². The van der Waals surface area contributed by atoms with E-state index in [1.165, 1.54) is 0 Å². The highest BCUT2D eigenvalue weighted by Gasteiger charge is 2.09. The Hall–Kier alpha value is -0.970. The number of benzene rings is 1. The fourth-order valence-electron chi connectivity index (χ4n) is 1.75. The number of ether oxygens (including phenoxy) is 2. The number of hydrogen-bond donors (Lipinski definition) is 2. The lowest BCUT2D eigenvalue weighted by molar-refractivity contribution is 0.310. The van der Waals surface area contributed by atoms with Crippen LogP contribution < -0.4 is 20.1 Å². The first-order valence-electron chi connectivity index (χ1n) is 6.57. The number of hydrogen-bond acceptors (Lipinski definition) is 4. The Morgan fingerprint density at radius 1 is 1.21 bits per heavy atom. The van der Waals surface area contributed by atoms with Crippen molar-refractivity contribution in [3.63, 3.8) is 0 Å². The van der Waals surface area contributed by atoms with Gasteiger partial charge in [-0.05, 0) is 45.1 Å². The molecule has 0 bridgehead atoms. The SMILES string of the molecule is CCOc1cc(CNCCCNC)c(Cl)cc1OC. The van der Waals surface area contributed by atoms with Gasteiger partial charge in [-0.1, -0.05) is 11.6 Å². The van der Waals surface area contributed by atoms with Crippen molar-refractivity contribution < 1.29 is 9.47 Å². The van der Waals surface area contributed by atoms with Crippen molar-refractivity contribution in [3.05, 3.63) is 22.7 Å².